The van der Waals surface area contributed by atoms with Gasteiger partial charge in [-0.25, -0.2) is 0 Å². The Hall–Kier alpha value is -0.590. The van der Waals surface area contributed by atoms with Gasteiger partial charge in [-0.1, -0.05) is 0 Å². The number of nitrogens with two attached hydrogens (primary N) is 1. The van der Waals surface area contributed by atoms with Gasteiger partial charge in [-0.15, -0.1) is 11.3 Å². The number of aliphatic hydroxyl groups is 1. The number of hydrogen-bond donors (Lipinski definition) is 2. The summed E-state index contributed by atoms with van der Waals surface area (Å²) in [5.74, 6) is 0. The molecule has 0 spiro atoms. The number of rotatable bonds is 3. The molecule has 3 N–H and O–H groups in total. The fourth-order valence-electron chi connectivity index (χ4n) is 1.35. The normalized spacial score (nSPS) is 18.2. The van der Waals surface area contributed by atoms with Crippen molar-refractivity contribution in [3.8, 4) is 0 Å². The topological polar surface area (TPSA) is 46.2 Å². The van der Waals surface area contributed by atoms with E-state index in [-0.39, 0.29) is 0 Å². The maximum Gasteiger partial charge on any atom is 0.414 e. The minimum atomic E-state index is -4.62. The Balaban J connectivity index is 2.80. The van der Waals surface area contributed by atoms with Crippen molar-refractivity contribution in [1.29, 1.82) is 0 Å². The Kier molecular flexibility index (Phi) is 3.66. The summed E-state index contributed by atoms with van der Waals surface area (Å²) in [6.45, 7) is 3.34. The van der Waals surface area contributed by atoms with Crippen molar-refractivity contribution in [2.45, 2.75) is 38.1 Å². The second-order valence-electron chi connectivity index (χ2n) is 4.17. The summed E-state index contributed by atoms with van der Waals surface area (Å²) in [7, 11) is 0. The third-order valence-corrected chi connectivity index (χ3v) is 3.62. The van der Waals surface area contributed by atoms with Gasteiger partial charge in [0, 0.05) is 11.3 Å². The molecule has 0 aliphatic carbocycles. The highest BCUT2D eigenvalue weighted by molar-refractivity contribution is 7.10. The lowest BCUT2D eigenvalue weighted by atomic mass is 9.93. The molecule has 92 valence electrons. The van der Waals surface area contributed by atoms with Crippen molar-refractivity contribution in [3.63, 3.8) is 0 Å². The van der Waals surface area contributed by atoms with Crippen LogP contribution in [0.2, 0.25) is 0 Å². The van der Waals surface area contributed by atoms with Crippen LogP contribution >= 0.6 is 11.3 Å². The zero-order valence-corrected chi connectivity index (χ0v) is 9.82. The van der Waals surface area contributed by atoms with E-state index in [4.69, 9.17) is 10.8 Å². The molecule has 0 bridgehead atoms. The van der Waals surface area contributed by atoms with Crippen LogP contribution in [0.25, 0.3) is 0 Å². The third kappa shape index (κ3) is 3.20. The van der Waals surface area contributed by atoms with Crippen LogP contribution in [0.4, 0.5) is 13.2 Å². The number of aliphatic hydroxyl groups excluding tert-OH is 1. The van der Waals surface area contributed by atoms with Crippen LogP contribution < -0.4 is 5.73 Å². The van der Waals surface area contributed by atoms with Crippen molar-refractivity contribution in [2.75, 3.05) is 0 Å². The summed E-state index contributed by atoms with van der Waals surface area (Å²) in [5, 5.41) is 10.8. The van der Waals surface area contributed by atoms with Gasteiger partial charge in [-0.05, 0) is 30.9 Å². The number of halogens is 3. The lowest BCUT2D eigenvalue weighted by Gasteiger charge is -2.27. The molecule has 0 radical (unpaired) electrons. The fourth-order valence-corrected chi connectivity index (χ4v) is 2.34. The van der Waals surface area contributed by atoms with Crippen LogP contribution in [0.5, 0.6) is 0 Å². The molecule has 0 aliphatic rings. The zero-order valence-electron chi connectivity index (χ0n) is 9.01. The van der Waals surface area contributed by atoms with Crippen molar-refractivity contribution < 1.29 is 18.3 Å². The first-order chi connectivity index (χ1) is 7.13. The van der Waals surface area contributed by atoms with Gasteiger partial charge in [-0.3, -0.25) is 0 Å². The van der Waals surface area contributed by atoms with Gasteiger partial charge in [0.05, 0.1) is 5.54 Å². The SMILES string of the molecule is Cc1csc(C(C)(N)CC(O)C(F)(F)F)c1. The van der Waals surface area contributed by atoms with Gasteiger partial charge in [0.2, 0.25) is 0 Å². The maximum atomic E-state index is 12.2. The summed E-state index contributed by atoms with van der Waals surface area (Å²) in [6.07, 6.45) is -7.53. The standard InChI is InChI=1S/C10H14F3NOS/c1-6-3-8(16-5-6)9(2,14)4-7(15)10(11,12)13/h3,5,7,15H,4,14H2,1-2H3. The highest BCUT2D eigenvalue weighted by Gasteiger charge is 2.42. The largest absolute Gasteiger partial charge is 0.414 e. The first-order valence-electron chi connectivity index (χ1n) is 4.72. The van der Waals surface area contributed by atoms with Gasteiger partial charge < -0.3 is 10.8 Å². The van der Waals surface area contributed by atoms with Gasteiger partial charge >= 0.3 is 6.18 Å². The van der Waals surface area contributed by atoms with Crippen molar-refractivity contribution in [1.82, 2.24) is 0 Å². The molecule has 1 aromatic rings. The molecule has 16 heavy (non-hydrogen) atoms. The average molecular weight is 253 g/mol. The second-order valence-corrected chi connectivity index (χ2v) is 5.08. The van der Waals surface area contributed by atoms with Crippen LogP contribution in [0, 0.1) is 6.92 Å². The minimum absolute atomic E-state index is 0.531. The fraction of sp³-hybridized carbons (Fsp3) is 0.600. The van der Waals surface area contributed by atoms with E-state index in [1.54, 1.807) is 6.07 Å². The summed E-state index contributed by atoms with van der Waals surface area (Å²) in [5.41, 5.74) is 5.60. The predicted molar refractivity (Wildman–Crippen MR) is 57.3 cm³/mol. The number of hydrogen-bond acceptors (Lipinski definition) is 3. The molecule has 0 fully saturated rings. The molecule has 6 heteroatoms. The number of aryl methyl sites for hydroxylation is 1. The zero-order chi connectivity index (χ0) is 12.6. The molecule has 1 aromatic heterocycles. The predicted octanol–water partition coefficient (Wildman–Crippen LogP) is 2.54. The second kappa shape index (κ2) is 4.35. The summed E-state index contributed by atoms with van der Waals surface area (Å²) in [6, 6.07) is 1.74. The van der Waals surface area contributed by atoms with Gasteiger partial charge in [-0.2, -0.15) is 13.2 Å². The van der Waals surface area contributed by atoms with Crippen LogP contribution in [-0.2, 0) is 5.54 Å². The highest BCUT2D eigenvalue weighted by atomic mass is 32.1. The van der Waals surface area contributed by atoms with Crippen molar-refractivity contribution >= 4 is 11.3 Å². The van der Waals surface area contributed by atoms with E-state index in [1.807, 2.05) is 12.3 Å². The van der Waals surface area contributed by atoms with E-state index < -0.39 is 24.2 Å². The molecular formula is C10H14F3NOS. The molecular weight excluding hydrogens is 239 g/mol. The number of alkyl halides is 3. The Morgan fingerprint density at radius 1 is 1.50 bits per heavy atom. The molecule has 0 aliphatic heterocycles. The quantitative estimate of drug-likeness (QED) is 0.869. The third-order valence-electron chi connectivity index (χ3n) is 2.29. The van der Waals surface area contributed by atoms with Gasteiger partial charge in [0.1, 0.15) is 0 Å². The van der Waals surface area contributed by atoms with E-state index in [0.29, 0.717) is 4.88 Å². The van der Waals surface area contributed by atoms with E-state index in [1.165, 1.54) is 18.3 Å². The number of thiophene rings is 1. The molecule has 2 atom stereocenters. The van der Waals surface area contributed by atoms with Gasteiger partial charge in [0.15, 0.2) is 6.10 Å². The Morgan fingerprint density at radius 2 is 2.06 bits per heavy atom. The summed E-state index contributed by atoms with van der Waals surface area (Å²) < 4.78 is 36.6. The van der Waals surface area contributed by atoms with Crippen LogP contribution in [-0.4, -0.2) is 17.4 Å². The van der Waals surface area contributed by atoms with E-state index in [2.05, 4.69) is 0 Å². The lowest BCUT2D eigenvalue weighted by Crippen LogP contribution is -2.41. The average Bonchev–Trinajstić information content (AvgIpc) is 2.49. The first kappa shape index (κ1) is 13.5. The monoisotopic (exact) mass is 253 g/mol. The van der Waals surface area contributed by atoms with Gasteiger partial charge in [0.25, 0.3) is 0 Å². The maximum absolute atomic E-state index is 12.2. The minimum Gasteiger partial charge on any atom is -0.384 e. The van der Waals surface area contributed by atoms with E-state index in [9.17, 15) is 13.2 Å². The van der Waals surface area contributed by atoms with Crippen LogP contribution in [0.15, 0.2) is 11.4 Å². The molecule has 0 saturated heterocycles. The Bertz CT molecular complexity index is 359. The highest BCUT2D eigenvalue weighted by Crippen LogP contribution is 2.33. The summed E-state index contributed by atoms with van der Waals surface area (Å²) >= 11 is 1.31. The van der Waals surface area contributed by atoms with Crippen LogP contribution in [0.3, 0.4) is 0 Å². The van der Waals surface area contributed by atoms with E-state index in [0.717, 1.165) is 5.56 Å². The smallest absolute Gasteiger partial charge is 0.384 e. The molecule has 1 heterocycles. The molecule has 0 aromatic carbocycles. The first-order valence-corrected chi connectivity index (χ1v) is 5.60. The van der Waals surface area contributed by atoms with Crippen molar-refractivity contribution in [2.24, 2.45) is 5.73 Å². The molecule has 1 rings (SSSR count). The Labute approximate surface area is 95.9 Å². The molecule has 2 unspecified atom stereocenters. The Morgan fingerprint density at radius 3 is 2.44 bits per heavy atom. The van der Waals surface area contributed by atoms with Crippen molar-refractivity contribution in [3.05, 3.63) is 21.9 Å². The lowest BCUT2D eigenvalue weighted by molar-refractivity contribution is -0.209. The van der Waals surface area contributed by atoms with E-state index >= 15 is 0 Å². The molecule has 0 amide bonds. The summed E-state index contributed by atoms with van der Waals surface area (Å²) in [4.78, 5) is 0.647. The molecule has 2 nitrogen and oxygen atoms in total. The molecule has 0 saturated carbocycles. The van der Waals surface area contributed by atoms with Crippen LogP contribution in [0.1, 0.15) is 23.8 Å².